The number of hydrogen-bond acceptors (Lipinski definition) is 3. The summed E-state index contributed by atoms with van der Waals surface area (Å²) in [5.74, 6) is 0.899. The normalized spacial score (nSPS) is 12.2. The van der Waals surface area contributed by atoms with E-state index in [1.165, 1.54) is 16.0 Å². The van der Waals surface area contributed by atoms with Crippen LogP contribution in [-0.2, 0) is 0 Å². The summed E-state index contributed by atoms with van der Waals surface area (Å²) in [6.07, 6.45) is 0. The molecule has 1 heterocycles. The lowest BCUT2D eigenvalue weighted by Crippen LogP contribution is -2.07. The van der Waals surface area contributed by atoms with Crippen molar-refractivity contribution in [1.29, 1.82) is 0 Å². The van der Waals surface area contributed by atoms with E-state index in [0.29, 0.717) is 6.04 Å². The summed E-state index contributed by atoms with van der Waals surface area (Å²) in [5, 5.41) is 5.65. The Balaban J connectivity index is 2.21. The van der Waals surface area contributed by atoms with E-state index in [-0.39, 0.29) is 0 Å². The Kier molecular flexibility index (Phi) is 3.92. The Morgan fingerprint density at radius 2 is 2.00 bits per heavy atom. The second-order valence-electron chi connectivity index (χ2n) is 4.54. The van der Waals surface area contributed by atoms with Crippen LogP contribution in [0.5, 0.6) is 5.75 Å². The minimum Gasteiger partial charge on any atom is -0.495 e. The van der Waals surface area contributed by atoms with Gasteiger partial charge >= 0.3 is 0 Å². The van der Waals surface area contributed by atoms with Crippen LogP contribution in [0.3, 0.4) is 0 Å². The standard InChI is InChI=1S/C15H19NOS/c1-10-5-6-13(14(9-10)17-4)16-12(3)15-11(2)7-8-18-15/h5-9,12,16H,1-4H3. The molecule has 0 aliphatic heterocycles. The van der Waals surface area contributed by atoms with Crippen LogP contribution in [0.1, 0.15) is 29.0 Å². The molecule has 0 aliphatic rings. The van der Waals surface area contributed by atoms with Gasteiger partial charge in [0.15, 0.2) is 0 Å². The van der Waals surface area contributed by atoms with E-state index in [1.807, 2.05) is 0 Å². The van der Waals surface area contributed by atoms with Gasteiger partial charge in [0.05, 0.1) is 18.8 Å². The summed E-state index contributed by atoms with van der Waals surface area (Å²) >= 11 is 1.79. The van der Waals surface area contributed by atoms with Gasteiger partial charge in [0.1, 0.15) is 5.75 Å². The minimum atomic E-state index is 0.293. The quantitative estimate of drug-likeness (QED) is 0.872. The number of rotatable bonds is 4. The van der Waals surface area contributed by atoms with Crippen LogP contribution in [-0.4, -0.2) is 7.11 Å². The predicted molar refractivity (Wildman–Crippen MR) is 78.8 cm³/mol. The molecule has 0 spiro atoms. The molecule has 0 saturated heterocycles. The number of aryl methyl sites for hydroxylation is 2. The zero-order valence-electron chi connectivity index (χ0n) is 11.3. The lowest BCUT2D eigenvalue weighted by molar-refractivity contribution is 0.416. The molecule has 1 N–H and O–H groups in total. The SMILES string of the molecule is COc1cc(C)ccc1NC(C)c1sccc1C. The third-order valence-corrected chi connectivity index (χ3v) is 4.23. The molecule has 1 aromatic heterocycles. The van der Waals surface area contributed by atoms with Gasteiger partial charge in [0.25, 0.3) is 0 Å². The lowest BCUT2D eigenvalue weighted by atomic mass is 10.1. The van der Waals surface area contributed by atoms with Gasteiger partial charge in [-0.05, 0) is 55.5 Å². The highest BCUT2D eigenvalue weighted by Gasteiger charge is 2.12. The van der Waals surface area contributed by atoms with Gasteiger partial charge in [-0.1, -0.05) is 6.07 Å². The molecule has 0 saturated carbocycles. The molecule has 0 radical (unpaired) electrons. The molecular formula is C15H19NOS. The van der Waals surface area contributed by atoms with E-state index in [4.69, 9.17) is 4.74 Å². The highest BCUT2D eigenvalue weighted by Crippen LogP contribution is 2.31. The molecule has 1 atom stereocenters. The molecule has 0 amide bonds. The summed E-state index contributed by atoms with van der Waals surface area (Å²) in [4.78, 5) is 1.37. The van der Waals surface area contributed by atoms with Crippen molar-refractivity contribution in [2.75, 3.05) is 12.4 Å². The largest absolute Gasteiger partial charge is 0.495 e. The van der Waals surface area contributed by atoms with Gasteiger partial charge in [0.2, 0.25) is 0 Å². The van der Waals surface area contributed by atoms with Gasteiger partial charge in [-0.2, -0.15) is 0 Å². The van der Waals surface area contributed by atoms with Crippen LogP contribution in [0.15, 0.2) is 29.6 Å². The van der Waals surface area contributed by atoms with Crippen LogP contribution >= 0.6 is 11.3 Å². The monoisotopic (exact) mass is 261 g/mol. The fourth-order valence-corrected chi connectivity index (χ4v) is 2.98. The summed E-state index contributed by atoms with van der Waals surface area (Å²) in [6, 6.07) is 8.68. The Hall–Kier alpha value is -1.48. The Morgan fingerprint density at radius 1 is 1.22 bits per heavy atom. The van der Waals surface area contributed by atoms with Crippen molar-refractivity contribution in [3.8, 4) is 5.75 Å². The predicted octanol–water partition coefficient (Wildman–Crippen LogP) is 4.55. The van der Waals surface area contributed by atoms with Crippen LogP contribution < -0.4 is 10.1 Å². The average Bonchev–Trinajstić information content (AvgIpc) is 2.77. The van der Waals surface area contributed by atoms with Gasteiger partial charge in [0, 0.05) is 4.88 Å². The molecule has 18 heavy (non-hydrogen) atoms. The van der Waals surface area contributed by atoms with Crippen molar-refractivity contribution >= 4 is 17.0 Å². The summed E-state index contributed by atoms with van der Waals surface area (Å²) in [5.41, 5.74) is 3.59. The molecule has 0 aliphatic carbocycles. The molecule has 0 bridgehead atoms. The molecule has 1 aromatic carbocycles. The van der Waals surface area contributed by atoms with Crippen molar-refractivity contribution in [2.45, 2.75) is 26.8 Å². The first kappa shape index (κ1) is 13.0. The van der Waals surface area contributed by atoms with E-state index in [9.17, 15) is 0 Å². The second-order valence-corrected chi connectivity index (χ2v) is 5.49. The number of ether oxygens (including phenoxy) is 1. The van der Waals surface area contributed by atoms with E-state index in [1.54, 1.807) is 18.4 Å². The number of benzene rings is 1. The van der Waals surface area contributed by atoms with Crippen LogP contribution in [0.4, 0.5) is 5.69 Å². The molecule has 1 unspecified atom stereocenters. The first-order valence-corrected chi connectivity index (χ1v) is 6.95. The van der Waals surface area contributed by atoms with Crippen molar-refractivity contribution in [3.05, 3.63) is 45.6 Å². The molecule has 0 fully saturated rings. The molecular weight excluding hydrogens is 242 g/mol. The fraction of sp³-hybridized carbons (Fsp3) is 0.333. The minimum absolute atomic E-state index is 0.293. The zero-order valence-corrected chi connectivity index (χ0v) is 12.1. The third kappa shape index (κ3) is 2.67. The second kappa shape index (κ2) is 5.44. The Morgan fingerprint density at radius 3 is 2.61 bits per heavy atom. The van der Waals surface area contributed by atoms with Gasteiger partial charge in [-0.25, -0.2) is 0 Å². The highest BCUT2D eigenvalue weighted by molar-refractivity contribution is 7.10. The van der Waals surface area contributed by atoms with Crippen molar-refractivity contribution < 1.29 is 4.74 Å². The van der Waals surface area contributed by atoms with E-state index >= 15 is 0 Å². The molecule has 2 nitrogen and oxygen atoms in total. The van der Waals surface area contributed by atoms with Crippen molar-refractivity contribution in [3.63, 3.8) is 0 Å². The number of hydrogen-bond donors (Lipinski definition) is 1. The maximum absolute atomic E-state index is 5.42. The maximum atomic E-state index is 5.42. The van der Waals surface area contributed by atoms with E-state index < -0.39 is 0 Å². The maximum Gasteiger partial charge on any atom is 0.142 e. The van der Waals surface area contributed by atoms with Crippen LogP contribution in [0, 0.1) is 13.8 Å². The van der Waals surface area contributed by atoms with Gasteiger partial charge in [-0.15, -0.1) is 11.3 Å². The van der Waals surface area contributed by atoms with Crippen molar-refractivity contribution in [1.82, 2.24) is 0 Å². The molecule has 96 valence electrons. The summed E-state index contributed by atoms with van der Waals surface area (Å²) in [7, 11) is 1.71. The van der Waals surface area contributed by atoms with Crippen LogP contribution in [0.25, 0.3) is 0 Å². The smallest absolute Gasteiger partial charge is 0.142 e. The average molecular weight is 261 g/mol. The van der Waals surface area contributed by atoms with Gasteiger partial charge in [-0.3, -0.25) is 0 Å². The van der Waals surface area contributed by atoms with Crippen molar-refractivity contribution in [2.24, 2.45) is 0 Å². The first-order valence-electron chi connectivity index (χ1n) is 6.07. The highest BCUT2D eigenvalue weighted by atomic mass is 32.1. The Labute approximate surface area is 113 Å². The summed E-state index contributed by atoms with van der Waals surface area (Å²) in [6.45, 7) is 6.40. The number of anilines is 1. The Bertz CT molecular complexity index is 533. The number of thiophene rings is 1. The lowest BCUT2D eigenvalue weighted by Gasteiger charge is -2.17. The van der Waals surface area contributed by atoms with E-state index in [2.05, 4.69) is 55.7 Å². The third-order valence-electron chi connectivity index (χ3n) is 3.02. The topological polar surface area (TPSA) is 21.3 Å². The van der Waals surface area contributed by atoms with E-state index in [0.717, 1.165) is 11.4 Å². The zero-order chi connectivity index (χ0) is 13.1. The number of nitrogens with one attached hydrogen (secondary N) is 1. The molecule has 2 rings (SSSR count). The fourth-order valence-electron chi connectivity index (χ4n) is 2.04. The first-order chi connectivity index (χ1) is 8.61. The van der Waals surface area contributed by atoms with Crippen LogP contribution in [0.2, 0.25) is 0 Å². The molecule has 3 heteroatoms. The summed E-state index contributed by atoms with van der Waals surface area (Å²) < 4.78 is 5.42. The number of methoxy groups -OCH3 is 1. The van der Waals surface area contributed by atoms with Gasteiger partial charge < -0.3 is 10.1 Å². The molecule has 2 aromatic rings.